The summed E-state index contributed by atoms with van der Waals surface area (Å²) in [6.07, 6.45) is 1.64. The highest BCUT2D eigenvalue weighted by molar-refractivity contribution is 5.72. The average molecular weight is 230 g/mol. The quantitative estimate of drug-likeness (QED) is 0.699. The van der Waals surface area contributed by atoms with Gasteiger partial charge in [0.25, 0.3) is 0 Å². The predicted octanol–water partition coefficient (Wildman–Crippen LogP) is 3.03. The van der Waals surface area contributed by atoms with E-state index in [1.54, 1.807) is 0 Å². The van der Waals surface area contributed by atoms with Crippen LogP contribution in [-0.4, -0.2) is 25.3 Å². The van der Waals surface area contributed by atoms with Gasteiger partial charge in [0.2, 0.25) is 0 Å². The Bertz CT molecular complexity index is 184. The van der Waals surface area contributed by atoms with Crippen LogP contribution in [0.3, 0.4) is 0 Å². The van der Waals surface area contributed by atoms with Gasteiger partial charge in [0.05, 0.1) is 5.92 Å². The summed E-state index contributed by atoms with van der Waals surface area (Å²) in [6, 6.07) is 0. The van der Waals surface area contributed by atoms with Gasteiger partial charge in [-0.2, -0.15) is 0 Å². The molecule has 0 amide bonds. The Morgan fingerprint density at radius 3 is 2.12 bits per heavy atom. The van der Waals surface area contributed by atoms with Crippen LogP contribution in [0.4, 0.5) is 0 Å². The Morgan fingerprint density at radius 1 is 1.19 bits per heavy atom. The second-order valence-corrected chi connectivity index (χ2v) is 4.27. The van der Waals surface area contributed by atoms with E-state index in [-0.39, 0.29) is 18.0 Å². The maximum atomic E-state index is 11.6. The molecule has 0 aliphatic carbocycles. The van der Waals surface area contributed by atoms with E-state index in [4.69, 9.17) is 9.47 Å². The molecule has 1 fully saturated rings. The molecule has 0 aromatic heterocycles. The third-order valence-electron chi connectivity index (χ3n) is 2.80. The van der Waals surface area contributed by atoms with Crippen LogP contribution in [0.5, 0.6) is 0 Å². The Morgan fingerprint density at radius 2 is 1.69 bits per heavy atom. The molecular weight excluding hydrogens is 204 g/mol. The Balaban J connectivity index is 0.00000106. The van der Waals surface area contributed by atoms with E-state index in [0.29, 0.717) is 19.1 Å². The van der Waals surface area contributed by atoms with Crippen molar-refractivity contribution in [3.63, 3.8) is 0 Å². The van der Waals surface area contributed by atoms with Crippen molar-refractivity contribution in [2.75, 3.05) is 13.2 Å². The van der Waals surface area contributed by atoms with Crippen molar-refractivity contribution in [2.24, 2.45) is 11.8 Å². The monoisotopic (exact) mass is 230 g/mol. The van der Waals surface area contributed by atoms with Crippen molar-refractivity contribution >= 4 is 5.97 Å². The minimum absolute atomic E-state index is 0.0188. The van der Waals surface area contributed by atoms with Crippen molar-refractivity contribution in [1.82, 2.24) is 0 Å². The first-order valence-corrected chi connectivity index (χ1v) is 6.39. The second kappa shape index (κ2) is 8.57. The van der Waals surface area contributed by atoms with Crippen LogP contribution in [0.2, 0.25) is 0 Å². The zero-order chi connectivity index (χ0) is 12.6. The lowest BCUT2D eigenvalue weighted by Crippen LogP contribution is -2.29. The normalized spacial score (nSPS) is 18.6. The molecule has 1 aliphatic rings. The second-order valence-electron chi connectivity index (χ2n) is 4.27. The molecule has 0 saturated carbocycles. The lowest BCUT2D eigenvalue weighted by molar-refractivity contribution is -0.158. The fourth-order valence-corrected chi connectivity index (χ4v) is 1.35. The van der Waals surface area contributed by atoms with Crippen LogP contribution < -0.4 is 0 Å². The topological polar surface area (TPSA) is 35.5 Å². The summed E-state index contributed by atoms with van der Waals surface area (Å²) in [5.74, 6) is 0.401. The summed E-state index contributed by atoms with van der Waals surface area (Å²) in [5.41, 5.74) is 0. The fourth-order valence-electron chi connectivity index (χ4n) is 1.35. The Hall–Kier alpha value is -0.570. The van der Waals surface area contributed by atoms with Gasteiger partial charge in [-0.15, -0.1) is 0 Å². The number of hydrogen-bond donors (Lipinski definition) is 0. The number of carbonyl (C=O) groups is 1. The van der Waals surface area contributed by atoms with Crippen molar-refractivity contribution in [1.29, 1.82) is 0 Å². The van der Waals surface area contributed by atoms with Crippen LogP contribution in [0.25, 0.3) is 0 Å². The van der Waals surface area contributed by atoms with E-state index in [2.05, 4.69) is 13.8 Å². The zero-order valence-corrected chi connectivity index (χ0v) is 11.3. The number of ether oxygens (including phenoxy) is 2. The van der Waals surface area contributed by atoms with Gasteiger partial charge in [-0.05, 0) is 25.7 Å². The molecule has 0 N–H and O–H groups in total. The van der Waals surface area contributed by atoms with E-state index in [9.17, 15) is 4.79 Å². The molecule has 16 heavy (non-hydrogen) atoms. The molecule has 0 aromatic rings. The maximum Gasteiger partial charge on any atom is 0.309 e. The van der Waals surface area contributed by atoms with Crippen molar-refractivity contribution in [2.45, 2.75) is 53.6 Å². The molecule has 1 saturated heterocycles. The number of esters is 1. The van der Waals surface area contributed by atoms with Gasteiger partial charge in [-0.25, -0.2) is 0 Å². The summed E-state index contributed by atoms with van der Waals surface area (Å²) < 4.78 is 10.6. The molecule has 3 heteroatoms. The minimum atomic E-state index is -0.0468. The van der Waals surface area contributed by atoms with Crippen molar-refractivity contribution in [3.8, 4) is 0 Å². The largest absolute Gasteiger partial charge is 0.462 e. The molecule has 0 spiro atoms. The Labute approximate surface area is 99.5 Å². The summed E-state index contributed by atoms with van der Waals surface area (Å²) >= 11 is 0. The maximum absolute atomic E-state index is 11.6. The summed E-state index contributed by atoms with van der Waals surface area (Å²) in [6.45, 7) is 11.4. The molecule has 96 valence electrons. The molecule has 0 aromatic carbocycles. The number of hydrogen-bond acceptors (Lipinski definition) is 3. The molecule has 1 heterocycles. The number of rotatable bonds is 3. The van der Waals surface area contributed by atoms with Crippen molar-refractivity contribution in [3.05, 3.63) is 0 Å². The van der Waals surface area contributed by atoms with Gasteiger partial charge >= 0.3 is 5.97 Å². The standard InChI is InChI=1S/C11H20O3.C2H6/c1-8(2)9(3)14-11(12)10-4-6-13-7-5-10;1-2/h8-10H,4-7H2,1-3H3;1-2H3. The Kier molecular flexibility index (Phi) is 8.26. The van der Waals surface area contributed by atoms with E-state index < -0.39 is 0 Å². The van der Waals surface area contributed by atoms with E-state index in [0.717, 1.165) is 12.8 Å². The highest BCUT2D eigenvalue weighted by Gasteiger charge is 2.25. The molecule has 1 unspecified atom stereocenters. The highest BCUT2D eigenvalue weighted by Crippen LogP contribution is 2.18. The van der Waals surface area contributed by atoms with Crippen LogP contribution in [0.15, 0.2) is 0 Å². The third-order valence-corrected chi connectivity index (χ3v) is 2.80. The fraction of sp³-hybridized carbons (Fsp3) is 0.923. The van der Waals surface area contributed by atoms with Gasteiger partial charge in [0, 0.05) is 13.2 Å². The van der Waals surface area contributed by atoms with Gasteiger partial charge < -0.3 is 9.47 Å². The first-order valence-electron chi connectivity index (χ1n) is 6.39. The smallest absolute Gasteiger partial charge is 0.309 e. The van der Waals surface area contributed by atoms with Gasteiger partial charge in [0.15, 0.2) is 0 Å². The average Bonchev–Trinajstić information content (AvgIpc) is 2.32. The first kappa shape index (κ1) is 15.4. The molecule has 1 aliphatic heterocycles. The summed E-state index contributed by atoms with van der Waals surface area (Å²) in [7, 11) is 0. The van der Waals surface area contributed by atoms with Crippen LogP contribution in [-0.2, 0) is 14.3 Å². The molecular formula is C13H26O3. The van der Waals surface area contributed by atoms with Crippen LogP contribution in [0, 0.1) is 11.8 Å². The predicted molar refractivity (Wildman–Crippen MR) is 65.3 cm³/mol. The lowest BCUT2D eigenvalue weighted by atomic mass is 10.0. The minimum Gasteiger partial charge on any atom is -0.462 e. The summed E-state index contributed by atoms with van der Waals surface area (Å²) in [5, 5.41) is 0. The van der Waals surface area contributed by atoms with Crippen LogP contribution >= 0.6 is 0 Å². The van der Waals surface area contributed by atoms with E-state index in [1.807, 2.05) is 20.8 Å². The van der Waals surface area contributed by atoms with Gasteiger partial charge in [0.1, 0.15) is 6.10 Å². The molecule has 0 bridgehead atoms. The van der Waals surface area contributed by atoms with Gasteiger partial charge in [-0.1, -0.05) is 27.7 Å². The van der Waals surface area contributed by atoms with Crippen molar-refractivity contribution < 1.29 is 14.3 Å². The van der Waals surface area contributed by atoms with Gasteiger partial charge in [-0.3, -0.25) is 4.79 Å². The van der Waals surface area contributed by atoms with Crippen LogP contribution in [0.1, 0.15) is 47.5 Å². The van der Waals surface area contributed by atoms with E-state index in [1.165, 1.54) is 0 Å². The molecule has 0 radical (unpaired) electrons. The lowest BCUT2D eigenvalue weighted by Gasteiger charge is -2.24. The summed E-state index contributed by atoms with van der Waals surface area (Å²) in [4.78, 5) is 11.6. The molecule has 3 nitrogen and oxygen atoms in total. The molecule has 1 rings (SSSR count). The highest BCUT2D eigenvalue weighted by atomic mass is 16.5. The third kappa shape index (κ3) is 5.50. The zero-order valence-electron chi connectivity index (χ0n) is 11.3. The van der Waals surface area contributed by atoms with E-state index >= 15 is 0 Å². The number of carbonyl (C=O) groups excluding carboxylic acids is 1. The SMILES string of the molecule is CC.CC(C)C(C)OC(=O)C1CCOCC1. The molecule has 1 atom stereocenters. The first-order chi connectivity index (χ1) is 7.61.